The van der Waals surface area contributed by atoms with E-state index in [9.17, 15) is 9.59 Å². The van der Waals surface area contributed by atoms with Crippen LogP contribution in [0.25, 0.3) is 11.1 Å². The molecule has 0 aliphatic carbocycles. The Labute approximate surface area is 122 Å². The van der Waals surface area contributed by atoms with Gasteiger partial charge in [-0.1, -0.05) is 42.5 Å². The van der Waals surface area contributed by atoms with Crippen LogP contribution in [0.3, 0.4) is 0 Å². The van der Waals surface area contributed by atoms with E-state index in [1.165, 1.54) is 0 Å². The Morgan fingerprint density at radius 3 is 2.19 bits per heavy atom. The first-order valence-electron chi connectivity index (χ1n) is 6.47. The molecule has 2 N–H and O–H groups in total. The number of nitrogens with one attached hydrogen (secondary N) is 1. The molecule has 108 valence electrons. The first-order chi connectivity index (χ1) is 10.2. The van der Waals surface area contributed by atoms with E-state index in [0.717, 1.165) is 11.1 Å². The smallest absolute Gasteiger partial charge is 0.334 e. The standard InChI is InChI=1S/C16H15NO4/c18-11-10-15(19)21-17-16(20)14-8-6-13(7-9-14)12-4-2-1-3-5-12/h1-9,18H,10-11H2,(H,17,20). The molecule has 0 radical (unpaired) electrons. The summed E-state index contributed by atoms with van der Waals surface area (Å²) in [6.07, 6.45) is -0.159. The minimum Gasteiger partial charge on any atom is -0.396 e. The summed E-state index contributed by atoms with van der Waals surface area (Å²) < 4.78 is 0. The van der Waals surface area contributed by atoms with Gasteiger partial charge in [0.2, 0.25) is 0 Å². The summed E-state index contributed by atoms with van der Waals surface area (Å²) in [5.41, 5.74) is 4.47. The maximum Gasteiger partial charge on any atom is 0.334 e. The van der Waals surface area contributed by atoms with Gasteiger partial charge in [0.1, 0.15) is 0 Å². The van der Waals surface area contributed by atoms with Gasteiger partial charge in [0.15, 0.2) is 0 Å². The molecular weight excluding hydrogens is 270 g/mol. The minimum absolute atomic E-state index is 0.159. The predicted octanol–water partition coefficient (Wildman–Crippen LogP) is 1.92. The van der Waals surface area contributed by atoms with Crippen LogP contribution < -0.4 is 5.48 Å². The number of benzene rings is 2. The number of aliphatic hydroxyl groups excluding tert-OH is 1. The lowest BCUT2D eigenvalue weighted by molar-refractivity contribution is -0.149. The Kier molecular flexibility index (Phi) is 5.06. The number of aliphatic hydroxyl groups is 1. The zero-order valence-corrected chi connectivity index (χ0v) is 11.3. The van der Waals surface area contributed by atoms with Crippen molar-refractivity contribution in [3.63, 3.8) is 0 Å². The third-order valence-electron chi connectivity index (χ3n) is 2.83. The fraction of sp³-hybridized carbons (Fsp3) is 0.125. The van der Waals surface area contributed by atoms with Crippen LogP contribution in [0, 0.1) is 0 Å². The molecule has 0 heterocycles. The highest BCUT2D eigenvalue weighted by molar-refractivity contribution is 5.94. The van der Waals surface area contributed by atoms with Crippen molar-refractivity contribution < 1.29 is 19.5 Å². The summed E-state index contributed by atoms with van der Waals surface area (Å²) in [5.74, 6) is -1.20. The first-order valence-corrected chi connectivity index (χ1v) is 6.47. The van der Waals surface area contributed by atoms with E-state index in [1.807, 2.05) is 47.9 Å². The SMILES string of the molecule is O=C(CCO)ONC(=O)c1ccc(-c2ccccc2)cc1. The fourth-order valence-corrected chi connectivity index (χ4v) is 1.75. The Bertz CT molecular complexity index is 608. The lowest BCUT2D eigenvalue weighted by Gasteiger charge is -2.06. The number of rotatable bonds is 4. The lowest BCUT2D eigenvalue weighted by Crippen LogP contribution is -2.27. The van der Waals surface area contributed by atoms with Crippen LogP contribution >= 0.6 is 0 Å². The zero-order valence-electron chi connectivity index (χ0n) is 11.3. The number of hydroxylamine groups is 1. The molecule has 0 bridgehead atoms. The summed E-state index contributed by atoms with van der Waals surface area (Å²) in [5, 5.41) is 8.54. The highest BCUT2D eigenvalue weighted by atomic mass is 16.7. The molecular formula is C16H15NO4. The normalized spacial score (nSPS) is 9.95. The maximum absolute atomic E-state index is 11.8. The molecule has 0 unspecified atom stereocenters. The second kappa shape index (κ2) is 7.21. The quantitative estimate of drug-likeness (QED) is 0.842. The maximum atomic E-state index is 11.8. The van der Waals surface area contributed by atoms with Crippen molar-refractivity contribution in [2.75, 3.05) is 6.61 Å². The minimum atomic E-state index is -0.688. The van der Waals surface area contributed by atoms with Gasteiger partial charge in [0, 0.05) is 5.56 Å². The molecule has 2 rings (SSSR count). The highest BCUT2D eigenvalue weighted by Gasteiger charge is 2.09. The van der Waals surface area contributed by atoms with Gasteiger partial charge in [-0.2, -0.15) is 5.48 Å². The molecule has 0 aromatic heterocycles. The van der Waals surface area contributed by atoms with Gasteiger partial charge < -0.3 is 9.94 Å². The van der Waals surface area contributed by atoms with Crippen molar-refractivity contribution in [3.8, 4) is 11.1 Å². The average Bonchev–Trinajstić information content (AvgIpc) is 2.54. The molecule has 5 heteroatoms. The van der Waals surface area contributed by atoms with Gasteiger partial charge in [-0.3, -0.25) is 4.79 Å². The number of carbonyl (C=O) groups excluding carboxylic acids is 2. The number of carbonyl (C=O) groups is 2. The molecule has 5 nitrogen and oxygen atoms in total. The second-order valence-corrected chi connectivity index (χ2v) is 4.32. The summed E-state index contributed by atoms with van der Waals surface area (Å²) in [7, 11) is 0. The predicted molar refractivity (Wildman–Crippen MR) is 77.1 cm³/mol. The van der Waals surface area contributed by atoms with Crippen LogP contribution in [0.5, 0.6) is 0 Å². The van der Waals surface area contributed by atoms with Crippen molar-refractivity contribution in [1.82, 2.24) is 5.48 Å². The van der Waals surface area contributed by atoms with E-state index in [4.69, 9.17) is 5.11 Å². The van der Waals surface area contributed by atoms with E-state index in [1.54, 1.807) is 12.1 Å². The zero-order chi connectivity index (χ0) is 15.1. The molecule has 0 atom stereocenters. The Morgan fingerprint density at radius 2 is 1.57 bits per heavy atom. The van der Waals surface area contributed by atoms with Gasteiger partial charge in [0.05, 0.1) is 13.0 Å². The largest absolute Gasteiger partial charge is 0.396 e. The Morgan fingerprint density at radius 1 is 0.952 bits per heavy atom. The van der Waals surface area contributed by atoms with Crippen molar-refractivity contribution in [2.24, 2.45) is 0 Å². The summed E-state index contributed by atoms with van der Waals surface area (Å²) in [4.78, 5) is 27.3. The number of hydrogen-bond donors (Lipinski definition) is 2. The van der Waals surface area contributed by atoms with Crippen molar-refractivity contribution >= 4 is 11.9 Å². The van der Waals surface area contributed by atoms with Crippen LogP contribution in [0.2, 0.25) is 0 Å². The van der Waals surface area contributed by atoms with Gasteiger partial charge in [-0.25, -0.2) is 4.79 Å². The monoisotopic (exact) mass is 285 g/mol. The van der Waals surface area contributed by atoms with Gasteiger partial charge in [0.25, 0.3) is 5.91 Å². The summed E-state index contributed by atoms with van der Waals surface area (Å²) in [6.45, 7) is -0.319. The summed E-state index contributed by atoms with van der Waals surface area (Å²) in [6, 6.07) is 16.7. The number of amides is 1. The first kappa shape index (κ1) is 14.7. The van der Waals surface area contributed by atoms with Crippen LogP contribution in [0.4, 0.5) is 0 Å². The van der Waals surface area contributed by atoms with Gasteiger partial charge in [-0.05, 0) is 23.3 Å². The molecule has 0 saturated heterocycles. The van der Waals surface area contributed by atoms with E-state index in [-0.39, 0.29) is 13.0 Å². The average molecular weight is 285 g/mol. The third kappa shape index (κ3) is 4.15. The fourth-order valence-electron chi connectivity index (χ4n) is 1.75. The Balaban J connectivity index is 1.99. The van der Waals surface area contributed by atoms with E-state index in [0.29, 0.717) is 5.56 Å². The van der Waals surface area contributed by atoms with Crippen molar-refractivity contribution in [2.45, 2.75) is 6.42 Å². The van der Waals surface area contributed by atoms with Crippen molar-refractivity contribution in [1.29, 1.82) is 0 Å². The molecule has 0 aliphatic heterocycles. The molecule has 0 saturated carbocycles. The lowest BCUT2D eigenvalue weighted by atomic mass is 10.0. The van der Waals surface area contributed by atoms with E-state index < -0.39 is 11.9 Å². The second-order valence-electron chi connectivity index (χ2n) is 4.32. The van der Waals surface area contributed by atoms with Crippen LogP contribution in [-0.2, 0) is 9.63 Å². The van der Waals surface area contributed by atoms with Crippen LogP contribution in [0.1, 0.15) is 16.8 Å². The highest BCUT2D eigenvalue weighted by Crippen LogP contribution is 2.19. The molecule has 21 heavy (non-hydrogen) atoms. The molecule has 2 aromatic carbocycles. The molecule has 0 aliphatic rings. The topological polar surface area (TPSA) is 75.6 Å². The van der Waals surface area contributed by atoms with Crippen LogP contribution in [-0.4, -0.2) is 23.6 Å². The molecule has 2 aromatic rings. The van der Waals surface area contributed by atoms with Gasteiger partial charge in [-0.15, -0.1) is 0 Å². The molecule has 1 amide bonds. The number of hydrogen-bond acceptors (Lipinski definition) is 4. The summed E-state index contributed by atoms with van der Waals surface area (Å²) >= 11 is 0. The third-order valence-corrected chi connectivity index (χ3v) is 2.83. The van der Waals surface area contributed by atoms with E-state index in [2.05, 4.69) is 4.84 Å². The molecule has 0 spiro atoms. The van der Waals surface area contributed by atoms with Crippen molar-refractivity contribution in [3.05, 3.63) is 60.2 Å². The molecule has 0 fully saturated rings. The van der Waals surface area contributed by atoms with Gasteiger partial charge >= 0.3 is 5.97 Å². The Hall–Kier alpha value is -2.66. The van der Waals surface area contributed by atoms with E-state index >= 15 is 0 Å². The van der Waals surface area contributed by atoms with Crippen LogP contribution in [0.15, 0.2) is 54.6 Å².